The molecule has 1 aliphatic carbocycles. The van der Waals surface area contributed by atoms with Crippen molar-refractivity contribution in [2.45, 2.75) is 40.0 Å². The smallest absolute Gasteiger partial charge is 0.00932 e. The van der Waals surface area contributed by atoms with Gasteiger partial charge in [0.1, 0.15) is 0 Å². The van der Waals surface area contributed by atoms with Gasteiger partial charge in [0.25, 0.3) is 0 Å². The predicted octanol–water partition coefficient (Wildman–Crippen LogP) is 9.78. The van der Waals surface area contributed by atoms with Gasteiger partial charge in [-0.25, -0.2) is 0 Å². The third-order valence-electron chi connectivity index (χ3n) is 8.05. The van der Waals surface area contributed by atoms with Crippen molar-refractivity contribution in [2.24, 2.45) is 11.8 Å². The first kappa shape index (κ1) is 22.4. The van der Waals surface area contributed by atoms with Gasteiger partial charge in [0, 0.05) is 0 Å². The van der Waals surface area contributed by atoms with Gasteiger partial charge in [-0.1, -0.05) is 110 Å². The Hall–Kier alpha value is -3.38. The van der Waals surface area contributed by atoms with Crippen LogP contribution in [0, 0.1) is 11.8 Å². The lowest BCUT2D eigenvalue weighted by Crippen LogP contribution is -2.22. The Bertz CT molecular complexity index is 1250. The highest BCUT2D eigenvalue weighted by Gasteiger charge is 2.29. The van der Waals surface area contributed by atoms with Crippen LogP contribution in [0.4, 0.5) is 0 Å². The largest absolute Gasteiger partial charge is 0.0713 e. The Morgan fingerprint density at radius 2 is 1.00 bits per heavy atom. The Labute approximate surface area is 205 Å². The van der Waals surface area contributed by atoms with Crippen molar-refractivity contribution >= 4 is 0 Å². The number of benzene rings is 4. The molecular weight excluding hydrogens is 408 g/mol. The van der Waals surface area contributed by atoms with Crippen LogP contribution in [0.15, 0.2) is 114 Å². The fraction of sp³-hybridized carbons (Fsp3) is 0.235. The highest BCUT2D eigenvalue weighted by Crippen LogP contribution is 2.44. The number of allylic oxidation sites excluding steroid dienone is 2. The molecule has 0 nitrogen and oxygen atoms in total. The van der Waals surface area contributed by atoms with Crippen LogP contribution in [0.2, 0.25) is 0 Å². The molecule has 0 amide bonds. The molecule has 1 aliphatic rings. The first-order valence-corrected chi connectivity index (χ1v) is 12.5. The normalized spacial score (nSPS) is 20.4. The van der Waals surface area contributed by atoms with Gasteiger partial charge in [0.05, 0.1) is 0 Å². The van der Waals surface area contributed by atoms with E-state index in [1.54, 1.807) is 11.1 Å². The monoisotopic (exact) mass is 442 g/mol. The first-order valence-electron chi connectivity index (χ1n) is 12.5. The van der Waals surface area contributed by atoms with E-state index in [1.807, 2.05) is 0 Å². The lowest BCUT2D eigenvalue weighted by Gasteiger charge is -2.35. The standard InChI is InChI=1S/C34H34/c1-23-18-34(26(4)25(3)24(23)2)30-17-11-16-29(19-30)33-21-31(27-12-7-5-8-13-27)20-32(22-33)28-14-9-6-10-15-28/h5-17,19-23,26,34H,18H2,1-4H3. The molecule has 3 unspecified atom stereocenters. The van der Waals surface area contributed by atoms with E-state index < -0.39 is 0 Å². The van der Waals surface area contributed by atoms with E-state index in [0.29, 0.717) is 17.8 Å². The third kappa shape index (κ3) is 4.38. The van der Waals surface area contributed by atoms with Gasteiger partial charge >= 0.3 is 0 Å². The Balaban J connectivity index is 1.60. The molecule has 0 fully saturated rings. The van der Waals surface area contributed by atoms with Gasteiger partial charge in [-0.05, 0) is 95.2 Å². The Morgan fingerprint density at radius 1 is 0.500 bits per heavy atom. The molecule has 0 saturated carbocycles. The van der Waals surface area contributed by atoms with Crippen LogP contribution in [-0.4, -0.2) is 0 Å². The molecule has 0 N–H and O–H groups in total. The molecule has 0 aliphatic heterocycles. The zero-order chi connectivity index (χ0) is 23.7. The summed E-state index contributed by atoms with van der Waals surface area (Å²) in [6, 6.07) is 37.8. The molecule has 0 heteroatoms. The van der Waals surface area contributed by atoms with E-state index in [9.17, 15) is 0 Å². The second kappa shape index (κ2) is 9.47. The molecule has 0 bridgehead atoms. The Kier molecular flexibility index (Phi) is 6.24. The molecule has 3 atom stereocenters. The van der Waals surface area contributed by atoms with E-state index in [4.69, 9.17) is 0 Å². The van der Waals surface area contributed by atoms with E-state index in [0.717, 1.165) is 0 Å². The van der Waals surface area contributed by atoms with Gasteiger partial charge in [0.15, 0.2) is 0 Å². The Morgan fingerprint density at radius 3 is 1.56 bits per heavy atom. The average molecular weight is 443 g/mol. The van der Waals surface area contributed by atoms with Crippen LogP contribution < -0.4 is 0 Å². The van der Waals surface area contributed by atoms with Crippen molar-refractivity contribution in [2.75, 3.05) is 0 Å². The maximum atomic E-state index is 2.45. The highest BCUT2D eigenvalue weighted by molar-refractivity contribution is 5.81. The van der Waals surface area contributed by atoms with Crippen molar-refractivity contribution in [3.8, 4) is 33.4 Å². The van der Waals surface area contributed by atoms with Crippen molar-refractivity contribution in [1.82, 2.24) is 0 Å². The van der Waals surface area contributed by atoms with Crippen molar-refractivity contribution in [3.63, 3.8) is 0 Å². The summed E-state index contributed by atoms with van der Waals surface area (Å²) in [7, 11) is 0. The maximum absolute atomic E-state index is 2.45. The summed E-state index contributed by atoms with van der Waals surface area (Å²) >= 11 is 0. The summed E-state index contributed by atoms with van der Waals surface area (Å²) in [4.78, 5) is 0. The molecule has 34 heavy (non-hydrogen) atoms. The quantitative estimate of drug-likeness (QED) is 0.276. The lowest BCUT2D eigenvalue weighted by atomic mass is 9.69. The first-order chi connectivity index (χ1) is 16.5. The number of hydrogen-bond donors (Lipinski definition) is 0. The van der Waals surface area contributed by atoms with Gasteiger partial charge in [-0.3, -0.25) is 0 Å². The van der Waals surface area contributed by atoms with Crippen LogP contribution >= 0.6 is 0 Å². The van der Waals surface area contributed by atoms with Gasteiger partial charge in [-0.15, -0.1) is 0 Å². The molecule has 0 saturated heterocycles. The molecule has 0 radical (unpaired) electrons. The van der Waals surface area contributed by atoms with Crippen LogP contribution in [0.25, 0.3) is 33.4 Å². The summed E-state index contributed by atoms with van der Waals surface area (Å²) in [6.45, 7) is 9.45. The molecule has 0 heterocycles. The van der Waals surface area contributed by atoms with Gasteiger partial charge in [-0.2, -0.15) is 0 Å². The summed E-state index contributed by atoms with van der Waals surface area (Å²) in [5.74, 6) is 1.81. The molecule has 170 valence electrons. The topological polar surface area (TPSA) is 0 Å². The highest BCUT2D eigenvalue weighted by atomic mass is 14.3. The van der Waals surface area contributed by atoms with Crippen LogP contribution in [0.5, 0.6) is 0 Å². The van der Waals surface area contributed by atoms with Crippen molar-refractivity contribution in [1.29, 1.82) is 0 Å². The van der Waals surface area contributed by atoms with E-state index >= 15 is 0 Å². The number of rotatable bonds is 4. The van der Waals surface area contributed by atoms with Crippen LogP contribution in [-0.2, 0) is 0 Å². The molecule has 4 aromatic carbocycles. The summed E-state index contributed by atoms with van der Waals surface area (Å²) in [6.07, 6.45) is 1.23. The third-order valence-corrected chi connectivity index (χ3v) is 8.05. The SMILES string of the molecule is CC1=C(C)C(C)C(c2cccc(-c3cc(-c4ccccc4)cc(-c4ccccc4)c3)c2)CC1C. The van der Waals surface area contributed by atoms with E-state index in [-0.39, 0.29) is 0 Å². The van der Waals surface area contributed by atoms with Crippen LogP contribution in [0.1, 0.15) is 45.6 Å². The maximum Gasteiger partial charge on any atom is -0.00932 e. The zero-order valence-corrected chi connectivity index (χ0v) is 20.8. The molecule has 5 rings (SSSR count). The minimum atomic E-state index is 0.574. The predicted molar refractivity (Wildman–Crippen MR) is 147 cm³/mol. The fourth-order valence-corrected chi connectivity index (χ4v) is 5.57. The second-order valence-corrected chi connectivity index (χ2v) is 10.1. The second-order valence-electron chi connectivity index (χ2n) is 10.1. The fourth-order valence-electron chi connectivity index (χ4n) is 5.57. The number of hydrogen-bond acceptors (Lipinski definition) is 0. The molecule has 0 spiro atoms. The zero-order valence-electron chi connectivity index (χ0n) is 20.8. The van der Waals surface area contributed by atoms with E-state index in [1.165, 1.54) is 45.4 Å². The van der Waals surface area contributed by atoms with Crippen LogP contribution in [0.3, 0.4) is 0 Å². The summed E-state index contributed by atoms with van der Waals surface area (Å²) in [5, 5.41) is 0. The lowest BCUT2D eigenvalue weighted by molar-refractivity contribution is 0.393. The minimum Gasteiger partial charge on any atom is -0.0713 e. The summed E-state index contributed by atoms with van der Waals surface area (Å²) in [5.41, 5.74) is 12.2. The summed E-state index contributed by atoms with van der Waals surface area (Å²) < 4.78 is 0. The van der Waals surface area contributed by atoms with Crippen molar-refractivity contribution in [3.05, 3.63) is 120 Å². The van der Waals surface area contributed by atoms with Gasteiger partial charge < -0.3 is 0 Å². The van der Waals surface area contributed by atoms with Gasteiger partial charge in [0.2, 0.25) is 0 Å². The minimum absolute atomic E-state index is 0.574. The van der Waals surface area contributed by atoms with Crippen molar-refractivity contribution < 1.29 is 0 Å². The molecular formula is C34H34. The van der Waals surface area contributed by atoms with E-state index in [2.05, 4.69) is 131 Å². The molecule has 0 aromatic heterocycles. The average Bonchev–Trinajstić information content (AvgIpc) is 2.90. The molecule has 4 aromatic rings.